The highest BCUT2D eigenvalue weighted by atomic mass is 17.2. The molecule has 0 heterocycles. The van der Waals surface area contributed by atoms with E-state index in [4.69, 9.17) is 0 Å². The van der Waals surface area contributed by atoms with Crippen LogP contribution in [0.3, 0.4) is 0 Å². The summed E-state index contributed by atoms with van der Waals surface area (Å²) >= 11 is 0. The minimum Gasteiger partial charge on any atom is -0.466 e. The Balaban J connectivity index is 3.86. The molecule has 0 rings (SSSR count). The van der Waals surface area contributed by atoms with Crippen LogP contribution in [0.1, 0.15) is 13.3 Å². The van der Waals surface area contributed by atoms with Gasteiger partial charge in [-0.25, -0.2) is 4.79 Å². The third kappa shape index (κ3) is 4.97. The van der Waals surface area contributed by atoms with Gasteiger partial charge < -0.3 is 4.74 Å². The van der Waals surface area contributed by atoms with Crippen molar-refractivity contribution in [3.8, 4) is 0 Å². The zero-order chi connectivity index (χ0) is 10.3. The van der Waals surface area contributed by atoms with E-state index in [-0.39, 0.29) is 18.6 Å². The minimum absolute atomic E-state index is 0.000278. The van der Waals surface area contributed by atoms with Crippen molar-refractivity contribution >= 4 is 11.9 Å². The molecule has 5 nitrogen and oxygen atoms in total. The lowest BCUT2D eigenvalue weighted by Crippen LogP contribution is -2.12. The third-order valence-corrected chi connectivity index (χ3v) is 1.11. The molecule has 5 heteroatoms. The molecule has 0 amide bonds. The normalized spacial score (nSPS) is 9.08. The quantitative estimate of drug-likeness (QED) is 0.273. The van der Waals surface area contributed by atoms with Gasteiger partial charge in [-0.3, -0.25) is 9.68 Å². The molecule has 0 bridgehead atoms. The Morgan fingerprint density at radius 3 is 2.46 bits per heavy atom. The van der Waals surface area contributed by atoms with E-state index >= 15 is 0 Å². The molecule has 0 aliphatic carbocycles. The van der Waals surface area contributed by atoms with Gasteiger partial charge in [-0.1, -0.05) is 6.58 Å². The summed E-state index contributed by atoms with van der Waals surface area (Å²) in [6.07, 6.45) is -0.184. The van der Waals surface area contributed by atoms with Crippen molar-refractivity contribution in [3.63, 3.8) is 0 Å². The monoisotopic (exact) mass is 188 g/mol. The predicted molar refractivity (Wildman–Crippen MR) is 43.5 cm³/mol. The van der Waals surface area contributed by atoms with Crippen LogP contribution in [0.15, 0.2) is 12.2 Å². The fourth-order valence-corrected chi connectivity index (χ4v) is 0.593. The Hall–Kier alpha value is -1.36. The summed E-state index contributed by atoms with van der Waals surface area (Å²) in [5.41, 5.74) is 0.000278. The van der Waals surface area contributed by atoms with Crippen LogP contribution in [0, 0.1) is 0 Å². The highest BCUT2D eigenvalue weighted by molar-refractivity contribution is 5.92. The SMILES string of the molecule is C=C(CC(=O)OCC)C(=O)OOC. The van der Waals surface area contributed by atoms with Crippen molar-refractivity contribution < 1.29 is 24.1 Å². The van der Waals surface area contributed by atoms with E-state index in [0.29, 0.717) is 0 Å². The zero-order valence-electron chi connectivity index (χ0n) is 7.66. The van der Waals surface area contributed by atoms with Crippen LogP contribution in [-0.2, 0) is 24.1 Å². The number of rotatable bonds is 5. The maximum Gasteiger partial charge on any atom is 0.369 e. The maximum absolute atomic E-state index is 10.8. The molecule has 0 aliphatic heterocycles. The predicted octanol–water partition coefficient (Wildman–Crippen LogP) is 0.600. The standard InChI is InChI=1S/C8H12O5/c1-4-12-7(9)5-6(2)8(10)13-11-3/h2,4-5H2,1,3H3. The molecule has 0 aromatic rings. The van der Waals surface area contributed by atoms with Gasteiger partial charge in [0.2, 0.25) is 0 Å². The second kappa shape index (κ2) is 6.19. The van der Waals surface area contributed by atoms with Crippen LogP contribution in [-0.4, -0.2) is 25.7 Å². The second-order valence-electron chi connectivity index (χ2n) is 2.12. The number of carbonyl (C=O) groups is 2. The first-order chi connectivity index (χ1) is 6.11. The van der Waals surface area contributed by atoms with E-state index < -0.39 is 11.9 Å². The summed E-state index contributed by atoms with van der Waals surface area (Å²) in [6, 6.07) is 0. The lowest BCUT2D eigenvalue weighted by atomic mass is 10.2. The van der Waals surface area contributed by atoms with Gasteiger partial charge in [0.25, 0.3) is 0 Å². The molecule has 0 aliphatic rings. The van der Waals surface area contributed by atoms with Crippen LogP contribution in [0.25, 0.3) is 0 Å². The average molecular weight is 188 g/mol. The Bertz CT molecular complexity index is 209. The maximum atomic E-state index is 10.8. The fraction of sp³-hybridized carbons (Fsp3) is 0.500. The molecular weight excluding hydrogens is 176 g/mol. The molecule has 13 heavy (non-hydrogen) atoms. The van der Waals surface area contributed by atoms with Crippen molar-refractivity contribution in [2.24, 2.45) is 0 Å². The molecule has 0 radical (unpaired) electrons. The molecule has 0 aromatic heterocycles. The van der Waals surface area contributed by atoms with Gasteiger partial charge in [0.1, 0.15) is 0 Å². The molecule has 0 atom stereocenters. The molecule has 74 valence electrons. The summed E-state index contributed by atoms with van der Waals surface area (Å²) in [7, 11) is 1.19. The van der Waals surface area contributed by atoms with E-state index in [1.807, 2.05) is 0 Å². The van der Waals surface area contributed by atoms with E-state index in [9.17, 15) is 9.59 Å². The van der Waals surface area contributed by atoms with Gasteiger partial charge in [0.05, 0.1) is 20.1 Å². The molecule has 0 aromatic carbocycles. The molecular formula is C8H12O5. The second-order valence-corrected chi connectivity index (χ2v) is 2.12. The topological polar surface area (TPSA) is 61.8 Å². The van der Waals surface area contributed by atoms with Gasteiger partial charge in [-0.15, -0.1) is 0 Å². The third-order valence-electron chi connectivity index (χ3n) is 1.11. The molecule has 0 saturated heterocycles. The van der Waals surface area contributed by atoms with Crippen LogP contribution >= 0.6 is 0 Å². The van der Waals surface area contributed by atoms with Crippen LogP contribution in [0.2, 0.25) is 0 Å². The van der Waals surface area contributed by atoms with Crippen LogP contribution < -0.4 is 0 Å². The Kier molecular flexibility index (Phi) is 5.54. The molecule has 0 unspecified atom stereocenters. The zero-order valence-corrected chi connectivity index (χ0v) is 7.66. The van der Waals surface area contributed by atoms with Crippen LogP contribution in [0.4, 0.5) is 0 Å². The van der Waals surface area contributed by atoms with E-state index in [1.165, 1.54) is 7.11 Å². The first-order valence-electron chi connectivity index (χ1n) is 3.70. The number of esters is 1. The molecule has 0 saturated carbocycles. The van der Waals surface area contributed by atoms with Crippen molar-refractivity contribution in [3.05, 3.63) is 12.2 Å². The van der Waals surface area contributed by atoms with Gasteiger partial charge in [-0.2, -0.15) is 4.89 Å². The Morgan fingerprint density at radius 1 is 1.38 bits per heavy atom. The van der Waals surface area contributed by atoms with Crippen LogP contribution in [0.5, 0.6) is 0 Å². The minimum atomic E-state index is -0.768. The smallest absolute Gasteiger partial charge is 0.369 e. The number of ether oxygens (including phenoxy) is 1. The lowest BCUT2D eigenvalue weighted by molar-refractivity contribution is -0.250. The van der Waals surface area contributed by atoms with Gasteiger partial charge >= 0.3 is 11.9 Å². The van der Waals surface area contributed by atoms with E-state index in [0.717, 1.165) is 0 Å². The summed E-state index contributed by atoms with van der Waals surface area (Å²) in [4.78, 5) is 29.9. The van der Waals surface area contributed by atoms with E-state index in [1.54, 1.807) is 6.92 Å². The summed E-state index contributed by atoms with van der Waals surface area (Å²) in [5.74, 6) is -1.28. The Morgan fingerprint density at radius 2 is 2.00 bits per heavy atom. The summed E-state index contributed by atoms with van der Waals surface area (Å²) in [6.45, 7) is 5.28. The van der Waals surface area contributed by atoms with Gasteiger partial charge in [0, 0.05) is 5.57 Å². The van der Waals surface area contributed by atoms with Crippen molar-refractivity contribution in [1.82, 2.24) is 0 Å². The highest BCUT2D eigenvalue weighted by Gasteiger charge is 2.14. The van der Waals surface area contributed by atoms with Crippen molar-refractivity contribution in [2.75, 3.05) is 13.7 Å². The number of hydrogen-bond donors (Lipinski definition) is 0. The first-order valence-corrected chi connectivity index (χ1v) is 3.70. The first kappa shape index (κ1) is 11.6. The summed E-state index contributed by atoms with van der Waals surface area (Å²) < 4.78 is 4.59. The summed E-state index contributed by atoms with van der Waals surface area (Å²) in [5, 5.41) is 0. The van der Waals surface area contributed by atoms with E-state index in [2.05, 4.69) is 21.1 Å². The van der Waals surface area contributed by atoms with Gasteiger partial charge in [-0.05, 0) is 6.92 Å². The molecule has 0 spiro atoms. The van der Waals surface area contributed by atoms with Gasteiger partial charge in [0.15, 0.2) is 0 Å². The number of carbonyl (C=O) groups excluding carboxylic acids is 2. The Labute approximate surface area is 76.2 Å². The lowest BCUT2D eigenvalue weighted by Gasteiger charge is -2.02. The number of hydrogen-bond acceptors (Lipinski definition) is 5. The largest absolute Gasteiger partial charge is 0.466 e. The fourth-order valence-electron chi connectivity index (χ4n) is 0.593. The van der Waals surface area contributed by atoms with Crippen molar-refractivity contribution in [1.29, 1.82) is 0 Å². The molecule has 0 N–H and O–H groups in total. The van der Waals surface area contributed by atoms with Crippen molar-refractivity contribution in [2.45, 2.75) is 13.3 Å². The molecule has 0 fully saturated rings. The highest BCUT2D eigenvalue weighted by Crippen LogP contribution is 2.02. The average Bonchev–Trinajstić information content (AvgIpc) is 2.05.